The summed E-state index contributed by atoms with van der Waals surface area (Å²) in [6.07, 6.45) is 8.40. The number of methoxy groups -OCH3 is 2. The molecule has 3 atom stereocenters. The fourth-order valence-electron chi connectivity index (χ4n) is 6.65. The van der Waals surface area contributed by atoms with Gasteiger partial charge < -0.3 is 14.4 Å². The SMILES string of the molecule is COc1ccc(C2=N[C@@](C)(C3C=CC(Cl)=CC3)[C@@](C)(c3ccc(Cl)cc3)N2C(=O)N2CCN(CCCS(C)(=O)=O)CC2)c(OC)n1. The van der Waals surface area contributed by atoms with E-state index in [2.05, 4.69) is 29.8 Å². The van der Waals surface area contributed by atoms with Crippen LogP contribution in [0.5, 0.6) is 11.8 Å². The lowest BCUT2D eigenvalue weighted by Crippen LogP contribution is -2.62. The molecule has 1 aliphatic carbocycles. The van der Waals surface area contributed by atoms with Gasteiger partial charge in [-0.1, -0.05) is 47.5 Å². The molecule has 2 aromatic rings. The van der Waals surface area contributed by atoms with Crippen molar-refractivity contribution < 1.29 is 22.7 Å². The number of rotatable bonds is 9. The van der Waals surface area contributed by atoms with Gasteiger partial charge in [-0.05, 0) is 63.1 Å². The standard InChI is InChI=1S/C33H41Cl2N5O5S/c1-32(23-7-11-25(34)12-8-23)33(2,24-9-13-26(35)14-10-24)40(29(37-32)27-15-16-28(44-3)36-30(27)45-4)31(41)39-20-18-38(19-21-39)17-6-22-46(5,42)43/h7,9-16,23H,6,8,17-22H2,1-5H3/t23?,32-,33+/m0/s1. The summed E-state index contributed by atoms with van der Waals surface area (Å²) in [6.45, 7) is 7.02. The summed E-state index contributed by atoms with van der Waals surface area (Å²) in [7, 11) is 0.0407. The summed E-state index contributed by atoms with van der Waals surface area (Å²) in [5.41, 5.74) is -0.392. The number of nitrogens with zero attached hydrogens (tertiary/aromatic N) is 5. The third kappa shape index (κ3) is 6.65. The van der Waals surface area contributed by atoms with E-state index in [0.29, 0.717) is 72.9 Å². The van der Waals surface area contributed by atoms with Crippen LogP contribution in [0, 0.1) is 5.92 Å². The van der Waals surface area contributed by atoms with Crippen LogP contribution in [0.25, 0.3) is 0 Å². The summed E-state index contributed by atoms with van der Waals surface area (Å²) in [4.78, 5) is 30.8. The molecule has 5 rings (SSSR count). The Bertz CT molecular complexity index is 1660. The van der Waals surface area contributed by atoms with Crippen molar-refractivity contribution in [2.24, 2.45) is 10.9 Å². The van der Waals surface area contributed by atoms with E-state index in [4.69, 9.17) is 37.7 Å². The van der Waals surface area contributed by atoms with Gasteiger partial charge in [-0.15, -0.1) is 0 Å². The molecule has 13 heteroatoms. The summed E-state index contributed by atoms with van der Waals surface area (Å²) in [5, 5.41) is 1.25. The number of aliphatic imine (C=N–C) groups is 1. The molecule has 3 heterocycles. The van der Waals surface area contributed by atoms with E-state index in [1.54, 1.807) is 11.0 Å². The first-order chi connectivity index (χ1) is 21.8. The first kappa shape index (κ1) is 34.2. The second-order valence-electron chi connectivity index (χ2n) is 12.3. The van der Waals surface area contributed by atoms with Gasteiger partial charge in [-0.3, -0.25) is 14.8 Å². The van der Waals surface area contributed by atoms with E-state index in [1.165, 1.54) is 20.5 Å². The van der Waals surface area contributed by atoms with E-state index in [1.807, 2.05) is 47.4 Å². The van der Waals surface area contributed by atoms with Gasteiger partial charge in [0.05, 0.1) is 36.6 Å². The van der Waals surface area contributed by atoms with Crippen LogP contribution in [-0.2, 0) is 15.4 Å². The second-order valence-corrected chi connectivity index (χ2v) is 15.4. The molecule has 0 radical (unpaired) electrons. The fraction of sp³-hybridized carbons (Fsp3) is 0.485. The maximum atomic E-state index is 14.9. The van der Waals surface area contributed by atoms with Crippen LogP contribution in [0.4, 0.5) is 4.79 Å². The van der Waals surface area contributed by atoms with Crippen molar-refractivity contribution >= 4 is 44.9 Å². The lowest BCUT2D eigenvalue weighted by Gasteiger charge is -2.49. The molecular weight excluding hydrogens is 649 g/mol. The number of amides is 2. The predicted octanol–water partition coefficient (Wildman–Crippen LogP) is 5.36. The largest absolute Gasteiger partial charge is 0.481 e. The number of aromatic nitrogens is 1. The zero-order chi connectivity index (χ0) is 33.3. The van der Waals surface area contributed by atoms with Crippen molar-refractivity contribution in [3.8, 4) is 11.8 Å². The van der Waals surface area contributed by atoms with E-state index < -0.39 is 20.9 Å². The molecule has 10 nitrogen and oxygen atoms in total. The topological polar surface area (TPSA) is 105 Å². The molecule has 1 unspecified atom stereocenters. The van der Waals surface area contributed by atoms with Crippen LogP contribution in [0.15, 0.2) is 64.7 Å². The predicted molar refractivity (Wildman–Crippen MR) is 182 cm³/mol. The molecule has 46 heavy (non-hydrogen) atoms. The highest BCUT2D eigenvalue weighted by molar-refractivity contribution is 7.90. The van der Waals surface area contributed by atoms with Crippen molar-refractivity contribution in [2.45, 2.75) is 37.8 Å². The number of carbonyl (C=O) groups excluding carboxylic acids is 1. The quantitative estimate of drug-likeness (QED) is 0.349. The molecule has 2 amide bonds. The molecule has 0 bridgehead atoms. The van der Waals surface area contributed by atoms with E-state index in [9.17, 15) is 13.2 Å². The molecule has 3 aliphatic rings. The van der Waals surface area contributed by atoms with Crippen molar-refractivity contribution in [1.82, 2.24) is 19.7 Å². The van der Waals surface area contributed by atoms with Gasteiger partial charge >= 0.3 is 6.03 Å². The van der Waals surface area contributed by atoms with Crippen molar-refractivity contribution in [2.75, 3.05) is 59.0 Å². The molecule has 0 saturated carbocycles. The number of hydrogen-bond acceptors (Lipinski definition) is 8. The van der Waals surface area contributed by atoms with Gasteiger partial charge in [0, 0.05) is 54.5 Å². The molecule has 1 saturated heterocycles. The Hall–Kier alpha value is -3.12. The van der Waals surface area contributed by atoms with Gasteiger partial charge in [0.15, 0.2) is 0 Å². The van der Waals surface area contributed by atoms with E-state index in [-0.39, 0.29) is 23.6 Å². The van der Waals surface area contributed by atoms with Crippen LogP contribution >= 0.6 is 23.2 Å². The molecule has 1 aromatic heterocycles. The van der Waals surface area contributed by atoms with Crippen LogP contribution < -0.4 is 9.47 Å². The number of pyridine rings is 1. The monoisotopic (exact) mass is 689 g/mol. The van der Waals surface area contributed by atoms with Crippen LogP contribution in [0.2, 0.25) is 5.02 Å². The Kier molecular flexibility index (Phi) is 10.1. The number of allylic oxidation sites excluding steroid dienone is 3. The molecular formula is C33H41Cl2N5O5S. The third-order valence-electron chi connectivity index (χ3n) is 9.47. The normalized spacial score (nSPS) is 25.3. The molecule has 0 spiro atoms. The maximum absolute atomic E-state index is 14.9. The minimum atomic E-state index is -3.03. The Morgan fingerprint density at radius 2 is 1.72 bits per heavy atom. The molecule has 248 valence electrons. The minimum absolute atomic E-state index is 0.104. The second kappa shape index (κ2) is 13.5. The number of benzene rings is 1. The number of amidine groups is 1. The number of halogens is 2. The number of ether oxygens (including phenoxy) is 2. The van der Waals surface area contributed by atoms with Gasteiger partial charge in [-0.25, -0.2) is 13.2 Å². The summed E-state index contributed by atoms with van der Waals surface area (Å²) in [5.74, 6) is 1.15. The van der Waals surface area contributed by atoms with Gasteiger partial charge in [-0.2, -0.15) is 4.98 Å². The number of sulfone groups is 1. The highest BCUT2D eigenvalue weighted by atomic mass is 35.5. The van der Waals surface area contributed by atoms with Crippen LogP contribution in [0.1, 0.15) is 37.8 Å². The average molecular weight is 691 g/mol. The first-order valence-electron chi connectivity index (χ1n) is 15.3. The Morgan fingerprint density at radius 1 is 1.02 bits per heavy atom. The summed E-state index contributed by atoms with van der Waals surface area (Å²) >= 11 is 12.7. The number of urea groups is 1. The average Bonchev–Trinajstić information content (AvgIpc) is 3.28. The first-order valence-corrected chi connectivity index (χ1v) is 18.1. The van der Waals surface area contributed by atoms with Gasteiger partial charge in [0.2, 0.25) is 11.8 Å². The summed E-state index contributed by atoms with van der Waals surface area (Å²) in [6, 6.07) is 10.9. The Morgan fingerprint density at radius 3 is 2.30 bits per heavy atom. The number of hydrogen-bond donors (Lipinski definition) is 0. The smallest absolute Gasteiger partial charge is 0.326 e. The molecule has 1 fully saturated rings. The highest BCUT2D eigenvalue weighted by Crippen LogP contribution is 2.53. The maximum Gasteiger partial charge on any atom is 0.326 e. The van der Waals surface area contributed by atoms with Crippen molar-refractivity contribution in [1.29, 1.82) is 0 Å². The van der Waals surface area contributed by atoms with Crippen molar-refractivity contribution in [3.63, 3.8) is 0 Å². The lowest BCUT2D eigenvalue weighted by atomic mass is 9.66. The van der Waals surface area contributed by atoms with Crippen molar-refractivity contribution in [3.05, 3.63) is 75.8 Å². The molecule has 0 N–H and O–H groups in total. The lowest BCUT2D eigenvalue weighted by molar-refractivity contribution is 0.0754. The Balaban J connectivity index is 1.59. The zero-order valence-electron chi connectivity index (χ0n) is 26.9. The molecule has 1 aromatic carbocycles. The highest BCUT2D eigenvalue weighted by Gasteiger charge is 2.62. The van der Waals surface area contributed by atoms with Gasteiger partial charge in [0.1, 0.15) is 15.7 Å². The van der Waals surface area contributed by atoms with Gasteiger partial charge in [0.25, 0.3) is 0 Å². The third-order valence-corrected chi connectivity index (χ3v) is 11.0. The molecule has 2 aliphatic heterocycles. The Labute approximate surface area is 281 Å². The van der Waals surface area contributed by atoms with Crippen LogP contribution in [0.3, 0.4) is 0 Å². The zero-order valence-corrected chi connectivity index (χ0v) is 29.2. The fourth-order valence-corrected chi connectivity index (χ4v) is 7.59. The van der Waals surface area contributed by atoms with E-state index in [0.717, 1.165) is 5.56 Å². The number of carbonyl (C=O) groups is 1. The van der Waals surface area contributed by atoms with Crippen LogP contribution in [-0.4, -0.2) is 104 Å². The minimum Gasteiger partial charge on any atom is -0.481 e. The summed E-state index contributed by atoms with van der Waals surface area (Å²) < 4.78 is 34.4. The number of piperazine rings is 1. The van der Waals surface area contributed by atoms with E-state index >= 15 is 0 Å².